The minimum Gasteiger partial charge on any atom is -0.454 e. The lowest BCUT2D eigenvalue weighted by molar-refractivity contribution is 0.657. The largest absolute Gasteiger partial charge is 0.454 e. The maximum Gasteiger partial charge on any atom is 0.159 e. The maximum absolute atomic E-state index is 9.77. The van der Waals surface area contributed by atoms with Gasteiger partial charge in [-0.1, -0.05) is 12.1 Å². The zero-order chi connectivity index (χ0) is 19.4. The first kappa shape index (κ1) is 16.3. The van der Waals surface area contributed by atoms with Gasteiger partial charge in [0.2, 0.25) is 0 Å². The summed E-state index contributed by atoms with van der Waals surface area (Å²) in [7, 11) is 2.02. The monoisotopic (exact) mass is 367 g/mol. The van der Waals surface area contributed by atoms with Crippen LogP contribution in [-0.2, 0) is 0 Å². The molecule has 0 aliphatic carbocycles. The molecule has 28 heavy (non-hydrogen) atoms. The van der Waals surface area contributed by atoms with Gasteiger partial charge in [-0.3, -0.25) is 9.81 Å². The summed E-state index contributed by atoms with van der Waals surface area (Å²) in [6, 6.07) is 17.8. The summed E-state index contributed by atoms with van der Waals surface area (Å²) < 4.78 is 7.89. The first-order chi connectivity index (χ1) is 13.6. The molecule has 1 N–H and O–H groups in total. The zero-order valence-electron chi connectivity index (χ0n) is 15.5. The summed E-state index contributed by atoms with van der Waals surface area (Å²) in [5.74, 6) is 0. The van der Waals surface area contributed by atoms with Crippen molar-refractivity contribution in [3.8, 4) is 6.07 Å². The molecule has 3 heterocycles. The minimum atomic E-state index is 0.0867. The van der Waals surface area contributed by atoms with Crippen molar-refractivity contribution in [2.24, 2.45) is 0 Å². The van der Waals surface area contributed by atoms with Gasteiger partial charge in [0.1, 0.15) is 17.2 Å². The highest BCUT2D eigenvalue weighted by Crippen LogP contribution is 2.30. The molecule has 0 amide bonds. The molecule has 6 heteroatoms. The Bertz CT molecular complexity index is 1500. The quantitative estimate of drug-likeness (QED) is 0.474. The Labute approximate surface area is 160 Å². The predicted molar refractivity (Wildman–Crippen MR) is 109 cm³/mol. The van der Waals surface area contributed by atoms with Crippen molar-refractivity contribution in [1.82, 2.24) is 9.38 Å². The third kappa shape index (κ3) is 2.13. The third-order valence-electron chi connectivity index (χ3n) is 5.27. The van der Waals surface area contributed by atoms with Crippen LogP contribution in [0, 0.1) is 16.7 Å². The van der Waals surface area contributed by atoms with E-state index in [0.29, 0.717) is 16.8 Å². The number of rotatable bonds is 2. The first-order valence-electron chi connectivity index (χ1n) is 9.09. The molecule has 0 aliphatic heterocycles. The molecule has 0 unspecified atom stereocenters. The predicted octanol–water partition coefficient (Wildman–Crippen LogP) is 4.19. The number of hydrogen-bond donors (Lipinski definition) is 1. The average molecular weight is 367 g/mol. The van der Waals surface area contributed by atoms with Gasteiger partial charge in [-0.25, -0.2) is 4.98 Å². The Hall–Kier alpha value is -3.85. The highest BCUT2D eigenvalue weighted by molar-refractivity contribution is 6.02. The molecule has 5 aromatic rings. The molecule has 6 nitrogen and oxygen atoms in total. The fraction of sp³-hybridized carbons (Fsp3) is 0.136. The van der Waals surface area contributed by atoms with Crippen molar-refractivity contribution in [1.29, 1.82) is 10.7 Å². The molecule has 0 saturated heterocycles. The molecule has 0 atom stereocenters. The number of para-hydroxylation sites is 2. The topological polar surface area (TPSA) is 81.3 Å². The molecular formula is C22H17N5O. The molecule has 0 aliphatic rings. The van der Waals surface area contributed by atoms with Crippen molar-refractivity contribution < 1.29 is 4.42 Å². The van der Waals surface area contributed by atoms with Crippen LogP contribution >= 0.6 is 0 Å². The minimum absolute atomic E-state index is 0.0867. The lowest BCUT2D eigenvalue weighted by Crippen LogP contribution is -2.17. The molecule has 0 fully saturated rings. The highest BCUT2D eigenvalue weighted by atomic mass is 16.3. The SMILES string of the molecule is CCN(C)c1ccc2cc3c(oc2c1)c(C#N)c(=N)n1c2ccccc2nc31. The van der Waals surface area contributed by atoms with Gasteiger partial charge in [-0.2, -0.15) is 5.26 Å². The lowest BCUT2D eigenvalue weighted by Gasteiger charge is -2.17. The molecule has 0 bridgehead atoms. The van der Waals surface area contributed by atoms with E-state index in [1.807, 2.05) is 49.5 Å². The first-order valence-corrected chi connectivity index (χ1v) is 9.09. The summed E-state index contributed by atoms with van der Waals surface area (Å²) in [6.45, 7) is 2.96. The molecule has 3 aromatic heterocycles. The van der Waals surface area contributed by atoms with Gasteiger partial charge in [0, 0.05) is 30.7 Å². The second kappa shape index (κ2) is 5.83. The Morgan fingerprint density at radius 2 is 2.04 bits per heavy atom. The van der Waals surface area contributed by atoms with Gasteiger partial charge in [0.15, 0.2) is 16.7 Å². The Morgan fingerprint density at radius 3 is 2.82 bits per heavy atom. The molecule has 0 radical (unpaired) electrons. The number of imidazole rings is 1. The number of benzene rings is 2. The van der Waals surface area contributed by atoms with Gasteiger partial charge in [-0.15, -0.1) is 0 Å². The van der Waals surface area contributed by atoms with Gasteiger partial charge >= 0.3 is 0 Å². The summed E-state index contributed by atoms with van der Waals surface area (Å²) in [6.07, 6.45) is 0. The van der Waals surface area contributed by atoms with E-state index in [1.165, 1.54) is 0 Å². The Balaban J connectivity index is 1.98. The summed E-state index contributed by atoms with van der Waals surface area (Å²) in [4.78, 5) is 6.83. The molecule has 136 valence electrons. The molecule has 2 aromatic carbocycles. The van der Waals surface area contributed by atoms with Crippen LogP contribution in [0.1, 0.15) is 12.5 Å². The fourth-order valence-electron chi connectivity index (χ4n) is 3.64. The van der Waals surface area contributed by atoms with E-state index in [2.05, 4.69) is 24.0 Å². The third-order valence-corrected chi connectivity index (χ3v) is 5.27. The van der Waals surface area contributed by atoms with Gasteiger partial charge in [-0.05, 0) is 37.3 Å². The van der Waals surface area contributed by atoms with Crippen molar-refractivity contribution in [3.63, 3.8) is 0 Å². The number of nitriles is 1. The number of nitrogens with zero attached hydrogens (tertiary/aromatic N) is 4. The number of fused-ring (bicyclic) bond motifs is 6. The van der Waals surface area contributed by atoms with Gasteiger partial charge in [0.05, 0.1) is 16.4 Å². The number of pyridine rings is 1. The second-order valence-corrected chi connectivity index (χ2v) is 6.82. The van der Waals surface area contributed by atoms with Crippen LogP contribution in [0.4, 0.5) is 5.69 Å². The second-order valence-electron chi connectivity index (χ2n) is 6.82. The van der Waals surface area contributed by atoms with Crippen LogP contribution in [-0.4, -0.2) is 23.0 Å². The number of aromatic nitrogens is 2. The Morgan fingerprint density at radius 1 is 1.21 bits per heavy atom. The van der Waals surface area contributed by atoms with E-state index >= 15 is 0 Å². The van der Waals surface area contributed by atoms with E-state index in [4.69, 9.17) is 14.8 Å². The van der Waals surface area contributed by atoms with Crippen LogP contribution < -0.4 is 10.4 Å². The van der Waals surface area contributed by atoms with Crippen LogP contribution in [0.2, 0.25) is 0 Å². The van der Waals surface area contributed by atoms with Crippen LogP contribution in [0.15, 0.2) is 52.9 Å². The van der Waals surface area contributed by atoms with E-state index in [0.717, 1.165) is 34.0 Å². The Kier molecular flexibility index (Phi) is 3.40. The van der Waals surface area contributed by atoms with E-state index in [9.17, 15) is 5.26 Å². The van der Waals surface area contributed by atoms with Gasteiger partial charge < -0.3 is 9.32 Å². The zero-order valence-corrected chi connectivity index (χ0v) is 15.5. The van der Waals surface area contributed by atoms with Crippen LogP contribution in [0.3, 0.4) is 0 Å². The lowest BCUT2D eigenvalue weighted by atomic mass is 10.1. The standard InChI is InChI=1S/C22H17N5O/c1-3-26(2)14-9-8-13-10-15-20(28-19(13)11-14)16(12-23)21(24)27-18-7-5-4-6-17(18)25-22(15)27/h4-11,24H,3H2,1-2H3. The van der Waals surface area contributed by atoms with E-state index in [-0.39, 0.29) is 11.1 Å². The number of nitrogens with one attached hydrogen (secondary N) is 1. The molecular weight excluding hydrogens is 350 g/mol. The molecule has 5 rings (SSSR count). The normalized spacial score (nSPS) is 11.5. The highest BCUT2D eigenvalue weighted by Gasteiger charge is 2.17. The fourth-order valence-corrected chi connectivity index (χ4v) is 3.64. The van der Waals surface area contributed by atoms with Crippen LogP contribution in [0.5, 0.6) is 0 Å². The van der Waals surface area contributed by atoms with Crippen molar-refractivity contribution >= 4 is 44.3 Å². The van der Waals surface area contributed by atoms with E-state index in [1.54, 1.807) is 4.40 Å². The van der Waals surface area contributed by atoms with E-state index < -0.39 is 0 Å². The summed E-state index contributed by atoms with van der Waals surface area (Å²) >= 11 is 0. The van der Waals surface area contributed by atoms with Crippen molar-refractivity contribution in [2.75, 3.05) is 18.5 Å². The van der Waals surface area contributed by atoms with Crippen LogP contribution in [0.25, 0.3) is 38.6 Å². The number of anilines is 1. The smallest absolute Gasteiger partial charge is 0.159 e. The van der Waals surface area contributed by atoms with Gasteiger partial charge in [0.25, 0.3) is 0 Å². The van der Waals surface area contributed by atoms with Crippen molar-refractivity contribution in [3.05, 3.63) is 59.6 Å². The molecule has 0 saturated carbocycles. The maximum atomic E-state index is 9.77. The van der Waals surface area contributed by atoms with Crippen molar-refractivity contribution in [2.45, 2.75) is 6.92 Å². The summed E-state index contributed by atoms with van der Waals surface area (Å²) in [5, 5.41) is 20.0. The number of hydrogen-bond acceptors (Lipinski definition) is 5. The summed E-state index contributed by atoms with van der Waals surface area (Å²) in [5.41, 5.74) is 4.63. The molecule has 0 spiro atoms. The average Bonchev–Trinajstić information content (AvgIpc) is 3.12.